The predicted octanol–water partition coefficient (Wildman–Crippen LogP) is 23.2. The molecule has 0 saturated heterocycles. The molecule has 5 aliphatic carbocycles. The van der Waals surface area contributed by atoms with E-state index in [1.54, 1.807) is 0 Å². The quantitative estimate of drug-likeness (QED) is 0.176. The Morgan fingerprint density at radius 1 is 0.286 bits per heavy atom. The van der Waals surface area contributed by atoms with Crippen LogP contribution in [-0.4, -0.2) is 0 Å². The van der Waals surface area contributed by atoms with Gasteiger partial charge in [0.1, 0.15) is 22.3 Å². The maximum absolute atomic E-state index is 7.00. The Bertz CT molecular complexity index is 5720. The first-order valence-electron chi connectivity index (χ1n) is 32.2. The maximum atomic E-state index is 7.00. The van der Waals surface area contributed by atoms with E-state index in [1.807, 2.05) is 0 Å². The van der Waals surface area contributed by atoms with Crippen LogP contribution in [0.4, 0.5) is 17.1 Å². The molecule has 0 amide bonds. The minimum absolute atomic E-state index is 0.365. The Morgan fingerprint density at radius 2 is 0.747 bits per heavy atom. The second-order valence-corrected chi connectivity index (χ2v) is 27.2. The normalized spacial score (nSPS) is 14.8. The monoisotopic (exact) mass is 1160 g/mol. The van der Waals surface area contributed by atoms with Crippen LogP contribution in [0.3, 0.4) is 0 Å². The summed E-state index contributed by atoms with van der Waals surface area (Å²) in [7, 11) is 0. The number of hydrogen-bond acceptors (Lipinski definition) is 3. The van der Waals surface area contributed by atoms with Gasteiger partial charge in [-0.25, -0.2) is 0 Å². The maximum Gasteiger partial charge on any atom is 0.143 e. The molecule has 91 heavy (non-hydrogen) atoms. The highest BCUT2D eigenvalue weighted by Gasteiger charge is 2.57. The lowest BCUT2D eigenvalue weighted by Crippen LogP contribution is -2.27. The molecule has 15 aromatic rings. The summed E-state index contributed by atoms with van der Waals surface area (Å²) in [4.78, 5) is 2.59. The van der Waals surface area contributed by atoms with Gasteiger partial charge in [-0.1, -0.05) is 207 Å². The highest BCUT2D eigenvalue weighted by molar-refractivity contribution is 6.20. The van der Waals surface area contributed by atoms with Crippen molar-refractivity contribution < 1.29 is 8.83 Å². The SMILES string of the molecule is Cc1ccc(-c2cc3c(c4c2oc2ccccc24)-c2ccc(N(c4ccc5c(c4)C4(c6ccccc6-c6ccccc64)c4cc6c(cc4-5)C4(c5ccccc5-c5ccccc54)c4ccc5oc7ccccc7c5c4-6)c4c(C)cc(C)cc4C)cc2C3(C)C)c(C)c1. The molecule has 5 aliphatic rings. The number of para-hydroxylation sites is 2. The average molecular weight is 1160 g/mol. The van der Waals surface area contributed by atoms with E-state index >= 15 is 0 Å². The molecular weight excluding hydrogens is 1100 g/mol. The zero-order valence-electron chi connectivity index (χ0n) is 51.9. The highest BCUT2D eigenvalue weighted by atomic mass is 16.3. The summed E-state index contributed by atoms with van der Waals surface area (Å²) in [5.74, 6) is 0. The number of anilines is 3. The molecule has 0 N–H and O–H groups in total. The summed E-state index contributed by atoms with van der Waals surface area (Å²) in [5.41, 5.74) is 39.9. The Kier molecular flexibility index (Phi) is 9.88. The Balaban J connectivity index is 0.860. The first-order chi connectivity index (χ1) is 44.4. The fraction of sp³-hybridized carbons (Fsp3) is 0.114. The van der Waals surface area contributed by atoms with Gasteiger partial charge in [-0.05, 0) is 229 Å². The van der Waals surface area contributed by atoms with Gasteiger partial charge in [0.25, 0.3) is 0 Å². The third kappa shape index (κ3) is 6.24. The summed E-state index contributed by atoms with van der Waals surface area (Å²) in [6.45, 7) is 16.1. The van der Waals surface area contributed by atoms with Crippen molar-refractivity contribution in [2.75, 3.05) is 4.90 Å². The predicted molar refractivity (Wildman–Crippen MR) is 375 cm³/mol. The summed E-state index contributed by atoms with van der Waals surface area (Å²) in [5, 5.41) is 4.66. The number of fused-ring (bicyclic) bond motifs is 31. The molecule has 13 aromatic carbocycles. The third-order valence-electron chi connectivity index (χ3n) is 22.1. The minimum atomic E-state index is -0.673. The summed E-state index contributed by atoms with van der Waals surface area (Å²) >= 11 is 0. The Labute approximate surface area is 529 Å². The molecule has 2 aromatic heterocycles. The molecule has 0 atom stereocenters. The van der Waals surface area contributed by atoms with Crippen LogP contribution in [-0.2, 0) is 16.2 Å². The van der Waals surface area contributed by atoms with Gasteiger partial charge in [0.05, 0.1) is 16.5 Å². The van der Waals surface area contributed by atoms with Crippen molar-refractivity contribution in [2.24, 2.45) is 0 Å². The molecule has 3 heteroatoms. The summed E-state index contributed by atoms with van der Waals surface area (Å²) in [6, 6.07) is 92.9. The second kappa shape index (κ2) is 17.6. The largest absolute Gasteiger partial charge is 0.456 e. The van der Waals surface area contributed by atoms with Crippen LogP contribution in [0.5, 0.6) is 0 Å². The third-order valence-corrected chi connectivity index (χ3v) is 22.1. The van der Waals surface area contributed by atoms with Gasteiger partial charge in [0.15, 0.2) is 0 Å². The van der Waals surface area contributed by atoms with Gasteiger partial charge >= 0.3 is 0 Å². The smallest absolute Gasteiger partial charge is 0.143 e. The molecule has 0 fully saturated rings. The fourth-order valence-corrected chi connectivity index (χ4v) is 18.7. The lowest BCUT2D eigenvalue weighted by Gasteiger charge is -2.34. The summed E-state index contributed by atoms with van der Waals surface area (Å²) < 4.78 is 13.8. The Hall–Kier alpha value is -10.7. The molecule has 20 rings (SSSR count). The number of rotatable bonds is 4. The molecule has 0 unspecified atom stereocenters. The number of furan rings is 2. The second-order valence-electron chi connectivity index (χ2n) is 27.2. The minimum Gasteiger partial charge on any atom is -0.456 e. The van der Waals surface area contributed by atoms with Gasteiger partial charge < -0.3 is 13.7 Å². The van der Waals surface area contributed by atoms with Gasteiger partial charge in [0, 0.05) is 43.9 Å². The highest BCUT2D eigenvalue weighted by Crippen LogP contribution is 2.70. The first kappa shape index (κ1) is 51.2. The molecular formula is C88H61NO2. The van der Waals surface area contributed by atoms with Gasteiger partial charge in [-0.2, -0.15) is 0 Å². The van der Waals surface area contributed by atoms with Gasteiger partial charge in [-0.15, -0.1) is 0 Å². The average Bonchev–Trinajstić information content (AvgIpc) is 1.49. The molecule has 430 valence electrons. The van der Waals surface area contributed by atoms with Crippen molar-refractivity contribution in [1.29, 1.82) is 0 Å². The van der Waals surface area contributed by atoms with Crippen molar-refractivity contribution in [1.82, 2.24) is 0 Å². The number of aryl methyl sites for hydroxylation is 5. The topological polar surface area (TPSA) is 29.5 Å². The molecule has 3 nitrogen and oxygen atoms in total. The van der Waals surface area contributed by atoms with Crippen LogP contribution in [0.25, 0.3) is 111 Å². The van der Waals surface area contributed by atoms with E-state index in [0.717, 1.165) is 50.0 Å². The fourth-order valence-electron chi connectivity index (χ4n) is 18.7. The zero-order chi connectivity index (χ0) is 60.7. The summed E-state index contributed by atoms with van der Waals surface area (Å²) in [6.07, 6.45) is 0. The Morgan fingerprint density at radius 3 is 1.37 bits per heavy atom. The lowest BCUT2D eigenvalue weighted by atomic mass is 9.68. The standard InChI is InChI=1S/C88H61NO2/c1-48-32-35-55(50(3)40-48)65-46-76-80(83-63-25-13-19-31-78(63)91-85(65)83)61-37-34-53(43-72(61)86(76,6)7)89(84-51(4)41-49(2)42-52(84)5)54-33-36-60-64-45-75-66(47-74(64)88(73(60)44-54)69-28-16-10-22-58(69)59-23-11-17-29-70(59)88)81-71(38-39-79-82(81)62-24-12-18-30-77(62)90-79)87(75)67-26-14-8-20-56(67)57-21-9-15-27-68(57)87/h8-47H,1-7H3. The van der Waals surface area contributed by atoms with E-state index in [2.05, 4.69) is 296 Å². The lowest BCUT2D eigenvalue weighted by molar-refractivity contribution is 0.657. The van der Waals surface area contributed by atoms with Crippen LogP contribution >= 0.6 is 0 Å². The van der Waals surface area contributed by atoms with Crippen molar-refractivity contribution in [3.8, 4) is 66.8 Å². The van der Waals surface area contributed by atoms with Crippen molar-refractivity contribution in [3.05, 3.63) is 326 Å². The number of nitrogens with zero attached hydrogens (tertiary/aromatic N) is 1. The zero-order valence-corrected chi connectivity index (χ0v) is 51.9. The molecule has 2 spiro atoms. The molecule has 2 heterocycles. The van der Waals surface area contributed by atoms with Crippen molar-refractivity contribution in [3.63, 3.8) is 0 Å². The van der Waals surface area contributed by atoms with Crippen LogP contribution in [0.15, 0.2) is 251 Å². The van der Waals surface area contributed by atoms with Gasteiger partial charge in [-0.3, -0.25) is 0 Å². The molecule has 0 aliphatic heterocycles. The van der Waals surface area contributed by atoms with E-state index in [9.17, 15) is 0 Å². The van der Waals surface area contributed by atoms with E-state index in [0.29, 0.717) is 0 Å². The van der Waals surface area contributed by atoms with Crippen LogP contribution in [0, 0.1) is 34.6 Å². The van der Waals surface area contributed by atoms with Crippen LogP contribution in [0.2, 0.25) is 0 Å². The molecule has 0 bridgehead atoms. The van der Waals surface area contributed by atoms with E-state index < -0.39 is 10.8 Å². The number of benzene rings is 13. The van der Waals surface area contributed by atoms with Crippen molar-refractivity contribution in [2.45, 2.75) is 64.7 Å². The number of hydrogen-bond donors (Lipinski definition) is 0. The van der Waals surface area contributed by atoms with E-state index in [-0.39, 0.29) is 5.41 Å². The van der Waals surface area contributed by atoms with E-state index in [4.69, 9.17) is 8.83 Å². The first-order valence-corrected chi connectivity index (χ1v) is 32.2. The van der Waals surface area contributed by atoms with Gasteiger partial charge in [0.2, 0.25) is 0 Å². The van der Waals surface area contributed by atoms with Crippen LogP contribution < -0.4 is 4.90 Å². The van der Waals surface area contributed by atoms with E-state index in [1.165, 1.54) is 161 Å². The van der Waals surface area contributed by atoms with Crippen molar-refractivity contribution >= 4 is 60.9 Å². The molecule has 0 saturated carbocycles. The molecule has 0 radical (unpaired) electrons. The van der Waals surface area contributed by atoms with Crippen LogP contribution in [0.1, 0.15) is 97.3 Å².